The largest absolute Gasteiger partial charge is 0.378 e. The van der Waals surface area contributed by atoms with Gasteiger partial charge in [-0.15, -0.1) is 0 Å². The summed E-state index contributed by atoms with van der Waals surface area (Å²) in [6, 6.07) is 7.61. The van der Waals surface area contributed by atoms with Gasteiger partial charge in [0, 0.05) is 38.4 Å². The van der Waals surface area contributed by atoms with Crippen molar-refractivity contribution in [1.82, 2.24) is 5.32 Å². The van der Waals surface area contributed by atoms with Crippen LogP contribution < -0.4 is 15.5 Å². The highest BCUT2D eigenvalue weighted by Gasteiger charge is 2.27. The number of amides is 2. The van der Waals surface area contributed by atoms with Crippen molar-refractivity contribution in [2.45, 2.75) is 6.42 Å². The van der Waals surface area contributed by atoms with E-state index in [1.807, 2.05) is 43.3 Å². The Morgan fingerprint density at radius 3 is 2.83 bits per heavy atom. The minimum atomic E-state index is -0.263. The van der Waals surface area contributed by atoms with E-state index in [9.17, 15) is 9.59 Å². The van der Waals surface area contributed by atoms with Crippen molar-refractivity contribution in [2.24, 2.45) is 5.92 Å². The second-order valence-electron chi connectivity index (χ2n) is 4.64. The molecule has 1 unspecified atom stereocenters. The van der Waals surface area contributed by atoms with E-state index >= 15 is 0 Å². The van der Waals surface area contributed by atoms with E-state index in [1.165, 1.54) is 0 Å². The summed E-state index contributed by atoms with van der Waals surface area (Å²) in [6.07, 6.45) is 0.277. The molecule has 18 heavy (non-hydrogen) atoms. The number of benzene rings is 1. The van der Waals surface area contributed by atoms with Gasteiger partial charge in [-0.2, -0.15) is 0 Å². The summed E-state index contributed by atoms with van der Waals surface area (Å²) in [5.74, 6) is -0.429. The normalized spacial score (nSPS) is 18.3. The fourth-order valence-electron chi connectivity index (χ4n) is 1.90. The molecule has 0 aromatic heterocycles. The topological polar surface area (TPSA) is 61.4 Å². The molecule has 1 aliphatic heterocycles. The molecule has 1 atom stereocenters. The van der Waals surface area contributed by atoms with Crippen LogP contribution in [0, 0.1) is 5.92 Å². The molecule has 1 saturated heterocycles. The number of nitrogens with zero attached hydrogens (tertiary/aromatic N) is 1. The lowest BCUT2D eigenvalue weighted by Gasteiger charge is -2.15. The molecule has 5 nitrogen and oxygen atoms in total. The zero-order valence-electron chi connectivity index (χ0n) is 10.6. The Kier molecular flexibility index (Phi) is 3.50. The number of hydrogen-bond acceptors (Lipinski definition) is 3. The number of hydrogen-bond donors (Lipinski definition) is 2. The first-order valence-electron chi connectivity index (χ1n) is 5.91. The first kappa shape index (κ1) is 12.4. The molecule has 0 aliphatic carbocycles. The minimum absolute atomic E-state index is 0.0582. The van der Waals surface area contributed by atoms with E-state index in [0.29, 0.717) is 6.54 Å². The molecule has 1 fully saturated rings. The number of carbonyl (C=O) groups is 2. The number of rotatable bonds is 3. The van der Waals surface area contributed by atoms with Gasteiger partial charge in [0.1, 0.15) is 0 Å². The predicted octanol–water partition coefficient (Wildman–Crippen LogP) is 0.827. The van der Waals surface area contributed by atoms with E-state index < -0.39 is 0 Å². The van der Waals surface area contributed by atoms with Crippen LogP contribution in [0.4, 0.5) is 11.4 Å². The Balaban J connectivity index is 2.02. The third-order valence-electron chi connectivity index (χ3n) is 2.98. The highest BCUT2D eigenvalue weighted by molar-refractivity contribution is 5.97. The molecule has 0 radical (unpaired) electrons. The van der Waals surface area contributed by atoms with Gasteiger partial charge in [-0.3, -0.25) is 9.59 Å². The number of carbonyl (C=O) groups excluding carboxylic acids is 2. The van der Waals surface area contributed by atoms with Crippen LogP contribution in [0.25, 0.3) is 0 Å². The van der Waals surface area contributed by atoms with E-state index in [4.69, 9.17) is 0 Å². The van der Waals surface area contributed by atoms with Crippen molar-refractivity contribution in [3.05, 3.63) is 24.3 Å². The number of anilines is 2. The molecular formula is C13H17N3O2. The minimum Gasteiger partial charge on any atom is -0.378 e. The zero-order chi connectivity index (χ0) is 13.1. The van der Waals surface area contributed by atoms with Crippen LogP contribution in [0.15, 0.2) is 24.3 Å². The highest BCUT2D eigenvalue weighted by Crippen LogP contribution is 2.19. The maximum Gasteiger partial charge on any atom is 0.229 e. The number of nitrogens with one attached hydrogen (secondary N) is 2. The Hall–Kier alpha value is -2.04. The molecule has 5 heteroatoms. The van der Waals surface area contributed by atoms with Crippen molar-refractivity contribution in [3.63, 3.8) is 0 Å². The van der Waals surface area contributed by atoms with Crippen molar-refractivity contribution in [3.8, 4) is 0 Å². The molecule has 1 aromatic carbocycles. The molecule has 0 spiro atoms. The predicted molar refractivity (Wildman–Crippen MR) is 70.5 cm³/mol. The SMILES string of the molecule is CN(C)c1cccc(NC(=O)C2CNC(=O)C2)c1. The summed E-state index contributed by atoms with van der Waals surface area (Å²) in [4.78, 5) is 24.9. The summed E-state index contributed by atoms with van der Waals surface area (Å²) < 4.78 is 0. The summed E-state index contributed by atoms with van der Waals surface area (Å²) in [5.41, 5.74) is 1.78. The second-order valence-corrected chi connectivity index (χ2v) is 4.64. The molecular weight excluding hydrogens is 230 g/mol. The van der Waals surface area contributed by atoms with Gasteiger partial charge in [0.15, 0.2) is 0 Å². The van der Waals surface area contributed by atoms with Crippen molar-refractivity contribution in [2.75, 3.05) is 30.9 Å². The lowest BCUT2D eigenvalue weighted by molar-refractivity contribution is -0.123. The summed E-state index contributed by atoms with van der Waals surface area (Å²) in [7, 11) is 3.89. The highest BCUT2D eigenvalue weighted by atomic mass is 16.2. The van der Waals surface area contributed by atoms with E-state index in [2.05, 4.69) is 10.6 Å². The Bertz CT molecular complexity index is 471. The maximum absolute atomic E-state index is 11.9. The van der Waals surface area contributed by atoms with Crippen LogP contribution in [0.3, 0.4) is 0 Å². The van der Waals surface area contributed by atoms with Crippen molar-refractivity contribution in [1.29, 1.82) is 0 Å². The van der Waals surface area contributed by atoms with E-state index in [1.54, 1.807) is 0 Å². The average molecular weight is 247 g/mol. The third-order valence-corrected chi connectivity index (χ3v) is 2.98. The Morgan fingerprint density at radius 2 is 2.22 bits per heavy atom. The van der Waals surface area contributed by atoms with Gasteiger partial charge in [0.2, 0.25) is 11.8 Å². The molecule has 0 saturated carbocycles. The third kappa shape index (κ3) is 2.80. The quantitative estimate of drug-likeness (QED) is 0.831. The monoisotopic (exact) mass is 247 g/mol. The molecule has 2 N–H and O–H groups in total. The fraction of sp³-hybridized carbons (Fsp3) is 0.385. The maximum atomic E-state index is 11.9. The van der Waals surface area contributed by atoms with E-state index in [-0.39, 0.29) is 24.2 Å². The first-order chi connectivity index (χ1) is 8.56. The van der Waals surface area contributed by atoms with Crippen LogP contribution in [0.2, 0.25) is 0 Å². The fourth-order valence-corrected chi connectivity index (χ4v) is 1.90. The van der Waals surface area contributed by atoms with Crippen molar-refractivity contribution >= 4 is 23.2 Å². The van der Waals surface area contributed by atoms with E-state index in [0.717, 1.165) is 11.4 Å². The summed E-state index contributed by atoms with van der Waals surface area (Å²) >= 11 is 0. The average Bonchev–Trinajstić information content (AvgIpc) is 2.76. The van der Waals surface area contributed by atoms with Gasteiger partial charge in [0.05, 0.1) is 5.92 Å². The molecule has 1 aliphatic rings. The molecule has 96 valence electrons. The van der Waals surface area contributed by atoms with Gasteiger partial charge >= 0.3 is 0 Å². The van der Waals surface area contributed by atoms with Crippen LogP contribution in [0.1, 0.15) is 6.42 Å². The Labute approximate surface area is 106 Å². The van der Waals surface area contributed by atoms with Gasteiger partial charge in [-0.25, -0.2) is 0 Å². The first-order valence-corrected chi connectivity index (χ1v) is 5.91. The molecule has 1 aromatic rings. The standard InChI is InChI=1S/C13H17N3O2/c1-16(2)11-5-3-4-10(7-11)15-13(18)9-6-12(17)14-8-9/h3-5,7,9H,6,8H2,1-2H3,(H,14,17)(H,15,18). The van der Waals surface area contributed by atoms with Crippen LogP contribution >= 0.6 is 0 Å². The van der Waals surface area contributed by atoms with Gasteiger partial charge in [-0.05, 0) is 18.2 Å². The Morgan fingerprint density at radius 1 is 1.44 bits per heavy atom. The second kappa shape index (κ2) is 5.08. The van der Waals surface area contributed by atoms with Gasteiger partial charge in [-0.1, -0.05) is 6.07 Å². The van der Waals surface area contributed by atoms with Crippen LogP contribution in [-0.4, -0.2) is 32.5 Å². The zero-order valence-corrected chi connectivity index (χ0v) is 10.6. The summed E-state index contributed by atoms with van der Waals surface area (Å²) in [5, 5.41) is 5.50. The molecule has 1 heterocycles. The van der Waals surface area contributed by atoms with Gasteiger partial charge in [0.25, 0.3) is 0 Å². The van der Waals surface area contributed by atoms with Crippen LogP contribution in [0.5, 0.6) is 0 Å². The smallest absolute Gasteiger partial charge is 0.229 e. The lowest BCUT2D eigenvalue weighted by atomic mass is 10.1. The molecule has 2 amide bonds. The molecule has 2 rings (SSSR count). The van der Waals surface area contributed by atoms with Gasteiger partial charge < -0.3 is 15.5 Å². The lowest BCUT2D eigenvalue weighted by Crippen LogP contribution is -2.24. The van der Waals surface area contributed by atoms with Crippen LogP contribution in [-0.2, 0) is 9.59 Å². The van der Waals surface area contributed by atoms with Crippen molar-refractivity contribution < 1.29 is 9.59 Å². The summed E-state index contributed by atoms with van der Waals surface area (Å²) in [6.45, 7) is 0.429. The molecule has 0 bridgehead atoms.